The third kappa shape index (κ3) is 3.23. The lowest BCUT2D eigenvalue weighted by atomic mass is 10.3. The molecule has 0 bridgehead atoms. The van der Waals surface area contributed by atoms with Crippen molar-refractivity contribution < 1.29 is 9.53 Å². The SMILES string of the molecule is CC(C)=CC(=O)Oc1ccccc1Cl. The van der Waals surface area contributed by atoms with E-state index in [1.807, 2.05) is 13.8 Å². The molecule has 0 amide bonds. The van der Waals surface area contributed by atoms with E-state index in [0.717, 1.165) is 5.57 Å². The monoisotopic (exact) mass is 210 g/mol. The second-order valence-electron chi connectivity index (χ2n) is 3.07. The van der Waals surface area contributed by atoms with Gasteiger partial charge in [0.25, 0.3) is 0 Å². The summed E-state index contributed by atoms with van der Waals surface area (Å²) in [6, 6.07) is 6.86. The van der Waals surface area contributed by atoms with Crippen LogP contribution in [0.5, 0.6) is 5.75 Å². The molecule has 0 fully saturated rings. The van der Waals surface area contributed by atoms with Crippen molar-refractivity contribution in [1.82, 2.24) is 0 Å². The highest BCUT2D eigenvalue weighted by atomic mass is 35.5. The van der Waals surface area contributed by atoms with Gasteiger partial charge < -0.3 is 4.74 Å². The lowest BCUT2D eigenvalue weighted by molar-refractivity contribution is -0.129. The molecule has 0 heterocycles. The summed E-state index contributed by atoms with van der Waals surface area (Å²) in [5.74, 6) is -0.0187. The Morgan fingerprint density at radius 3 is 2.57 bits per heavy atom. The van der Waals surface area contributed by atoms with Crippen LogP contribution in [0.15, 0.2) is 35.9 Å². The zero-order valence-electron chi connectivity index (χ0n) is 8.08. The highest BCUT2D eigenvalue weighted by Crippen LogP contribution is 2.23. The molecule has 3 heteroatoms. The molecule has 0 aliphatic carbocycles. The second kappa shape index (κ2) is 4.82. The van der Waals surface area contributed by atoms with E-state index in [0.29, 0.717) is 10.8 Å². The summed E-state index contributed by atoms with van der Waals surface area (Å²) in [7, 11) is 0. The number of carbonyl (C=O) groups excluding carboxylic acids is 1. The van der Waals surface area contributed by atoms with Gasteiger partial charge in [-0.25, -0.2) is 4.79 Å². The number of benzene rings is 1. The molecule has 1 rings (SSSR count). The summed E-state index contributed by atoms with van der Waals surface area (Å²) in [6.45, 7) is 3.65. The number of rotatable bonds is 2. The Morgan fingerprint density at radius 2 is 2.00 bits per heavy atom. The summed E-state index contributed by atoms with van der Waals surface area (Å²) in [6.07, 6.45) is 1.42. The van der Waals surface area contributed by atoms with Crippen molar-refractivity contribution in [3.8, 4) is 5.75 Å². The first-order valence-corrected chi connectivity index (χ1v) is 4.58. The molecule has 1 aromatic carbocycles. The van der Waals surface area contributed by atoms with Crippen LogP contribution in [0.4, 0.5) is 0 Å². The maximum Gasteiger partial charge on any atom is 0.336 e. The molecular weight excluding hydrogens is 200 g/mol. The van der Waals surface area contributed by atoms with Crippen molar-refractivity contribution in [1.29, 1.82) is 0 Å². The average molecular weight is 211 g/mol. The molecular formula is C11H11ClO2. The van der Waals surface area contributed by atoms with Gasteiger partial charge in [-0.15, -0.1) is 0 Å². The fourth-order valence-electron chi connectivity index (χ4n) is 0.901. The summed E-state index contributed by atoms with van der Waals surface area (Å²) in [4.78, 5) is 11.2. The Hall–Kier alpha value is -1.28. The van der Waals surface area contributed by atoms with Gasteiger partial charge in [0.15, 0.2) is 0 Å². The van der Waals surface area contributed by atoms with Crippen LogP contribution in [-0.4, -0.2) is 5.97 Å². The Bertz CT molecular complexity index is 365. The van der Waals surface area contributed by atoms with Gasteiger partial charge in [0, 0.05) is 6.08 Å². The highest BCUT2D eigenvalue weighted by molar-refractivity contribution is 6.32. The van der Waals surface area contributed by atoms with E-state index in [4.69, 9.17) is 16.3 Å². The third-order valence-corrected chi connectivity index (χ3v) is 1.77. The number of allylic oxidation sites excluding steroid dienone is 1. The molecule has 0 N–H and O–H groups in total. The van der Waals surface area contributed by atoms with Crippen LogP contribution < -0.4 is 4.74 Å². The van der Waals surface area contributed by atoms with Crippen LogP contribution in [0.3, 0.4) is 0 Å². The van der Waals surface area contributed by atoms with E-state index in [1.54, 1.807) is 24.3 Å². The van der Waals surface area contributed by atoms with Crippen LogP contribution >= 0.6 is 11.6 Å². The van der Waals surface area contributed by atoms with Crippen LogP contribution in [0, 0.1) is 0 Å². The molecule has 0 atom stereocenters. The van der Waals surface area contributed by atoms with Crippen molar-refractivity contribution >= 4 is 17.6 Å². The topological polar surface area (TPSA) is 26.3 Å². The maximum absolute atomic E-state index is 11.2. The Morgan fingerprint density at radius 1 is 1.36 bits per heavy atom. The minimum atomic E-state index is -0.405. The number of carbonyl (C=O) groups is 1. The first-order chi connectivity index (χ1) is 6.59. The zero-order valence-corrected chi connectivity index (χ0v) is 8.84. The highest BCUT2D eigenvalue weighted by Gasteiger charge is 2.04. The number of hydrogen-bond donors (Lipinski definition) is 0. The molecule has 0 saturated carbocycles. The smallest absolute Gasteiger partial charge is 0.336 e. The summed E-state index contributed by atoms with van der Waals surface area (Å²) >= 11 is 5.81. The average Bonchev–Trinajstić information content (AvgIpc) is 2.07. The van der Waals surface area contributed by atoms with E-state index in [2.05, 4.69) is 0 Å². The lowest BCUT2D eigenvalue weighted by Crippen LogP contribution is -2.04. The van der Waals surface area contributed by atoms with Crippen LogP contribution in [-0.2, 0) is 4.79 Å². The number of ether oxygens (including phenoxy) is 1. The number of para-hydroxylation sites is 1. The lowest BCUT2D eigenvalue weighted by Gasteiger charge is -2.02. The normalized spacial score (nSPS) is 9.36. The summed E-state index contributed by atoms with van der Waals surface area (Å²) in [5.41, 5.74) is 0.891. The van der Waals surface area contributed by atoms with Crippen molar-refractivity contribution in [2.24, 2.45) is 0 Å². The van der Waals surface area contributed by atoms with Gasteiger partial charge in [0.05, 0.1) is 5.02 Å². The molecule has 1 aromatic rings. The predicted molar refractivity (Wildman–Crippen MR) is 56.5 cm³/mol. The van der Waals surface area contributed by atoms with E-state index >= 15 is 0 Å². The Kier molecular flexibility index (Phi) is 3.72. The molecule has 0 aromatic heterocycles. The summed E-state index contributed by atoms with van der Waals surface area (Å²) < 4.78 is 5.01. The van der Waals surface area contributed by atoms with E-state index < -0.39 is 5.97 Å². The molecule has 2 nitrogen and oxygen atoms in total. The van der Waals surface area contributed by atoms with Gasteiger partial charge in [-0.3, -0.25) is 0 Å². The molecule has 14 heavy (non-hydrogen) atoms. The van der Waals surface area contributed by atoms with Gasteiger partial charge in [0.1, 0.15) is 5.75 Å². The Balaban J connectivity index is 2.75. The first-order valence-electron chi connectivity index (χ1n) is 4.21. The largest absolute Gasteiger partial charge is 0.422 e. The van der Waals surface area contributed by atoms with Gasteiger partial charge in [-0.2, -0.15) is 0 Å². The fourth-order valence-corrected chi connectivity index (χ4v) is 1.08. The Labute approximate surface area is 88.1 Å². The second-order valence-corrected chi connectivity index (χ2v) is 3.48. The van der Waals surface area contributed by atoms with Crippen molar-refractivity contribution in [3.63, 3.8) is 0 Å². The van der Waals surface area contributed by atoms with Crippen LogP contribution in [0.1, 0.15) is 13.8 Å². The third-order valence-electron chi connectivity index (χ3n) is 1.45. The maximum atomic E-state index is 11.2. The van der Waals surface area contributed by atoms with Gasteiger partial charge >= 0.3 is 5.97 Å². The molecule has 0 aliphatic heterocycles. The van der Waals surface area contributed by atoms with Gasteiger partial charge in [-0.1, -0.05) is 29.3 Å². The quantitative estimate of drug-likeness (QED) is 0.426. The molecule has 74 valence electrons. The minimum Gasteiger partial charge on any atom is -0.422 e. The van der Waals surface area contributed by atoms with Crippen LogP contribution in [0.25, 0.3) is 0 Å². The standard InChI is InChI=1S/C11H11ClO2/c1-8(2)7-11(13)14-10-6-4-3-5-9(10)12/h3-7H,1-2H3. The van der Waals surface area contributed by atoms with Crippen molar-refractivity contribution in [3.05, 3.63) is 40.9 Å². The molecule has 0 spiro atoms. The minimum absolute atomic E-state index is 0.386. The van der Waals surface area contributed by atoms with Crippen molar-refractivity contribution in [2.45, 2.75) is 13.8 Å². The van der Waals surface area contributed by atoms with Gasteiger partial charge in [-0.05, 0) is 26.0 Å². The number of halogens is 1. The molecule has 0 saturated heterocycles. The fraction of sp³-hybridized carbons (Fsp3) is 0.182. The summed E-state index contributed by atoms with van der Waals surface area (Å²) in [5, 5.41) is 0.433. The molecule has 0 unspecified atom stereocenters. The molecule has 0 aliphatic rings. The van der Waals surface area contributed by atoms with Crippen LogP contribution in [0.2, 0.25) is 5.02 Å². The predicted octanol–water partition coefficient (Wildman–Crippen LogP) is 3.21. The zero-order chi connectivity index (χ0) is 10.6. The van der Waals surface area contributed by atoms with E-state index in [-0.39, 0.29) is 0 Å². The van der Waals surface area contributed by atoms with E-state index in [9.17, 15) is 4.79 Å². The van der Waals surface area contributed by atoms with Crippen molar-refractivity contribution in [2.75, 3.05) is 0 Å². The number of hydrogen-bond acceptors (Lipinski definition) is 2. The van der Waals surface area contributed by atoms with E-state index in [1.165, 1.54) is 6.08 Å². The number of esters is 1. The van der Waals surface area contributed by atoms with Gasteiger partial charge in [0.2, 0.25) is 0 Å². The first kappa shape index (κ1) is 10.8. The molecule has 0 radical (unpaired) electrons.